The van der Waals surface area contributed by atoms with E-state index in [1.807, 2.05) is 0 Å². The molecule has 0 aromatic heterocycles. The zero-order chi connectivity index (χ0) is 10.7. The van der Waals surface area contributed by atoms with E-state index in [-0.39, 0.29) is 0 Å². The molecule has 0 saturated heterocycles. The predicted octanol–water partition coefficient (Wildman–Crippen LogP) is 2.62. The van der Waals surface area contributed by atoms with Crippen LogP contribution >= 0.6 is 15.9 Å². The lowest BCUT2D eigenvalue weighted by atomic mass is 9.78. The molecule has 2 nitrogen and oxygen atoms in total. The van der Waals surface area contributed by atoms with Gasteiger partial charge in [0.25, 0.3) is 0 Å². The molecule has 1 aliphatic rings. The number of hydrazine groups is 1. The molecule has 2 rings (SSSR count). The minimum absolute atomic E-state index is 0.444. The van der Waals surface area contributed by atoms with E-state index < -0.39 is 0 Å². The first kappa shape index (κ1) is 11.1. The Balaban J connectivity index is 1.96. The number of nitrogens with one attached hydrogen (secondary N) is 1. The lowest BCUT2D eigenvalue weighted by Gasteiger charge is -2.33. The highest BCUT2D eigenvalue weighted by molar-refractivity contribution is 9.10. The van der Waals surface area contributed by atoms with Crippen LogP contribution in [0.15, 0.2) is 28.7 Å². The largest absolute Gasteiger partial charge is 0.271 e. The molecule has 0 bridgehead atoms. The van der Waals surface area contributed by atoms with Crippen LogP contribution in [0.5, 0.6) is 0 Å². The van der Waals surface area contributed by atoms with Crippen LogP contribution in [0.4, 0.5) is 0 Å². The Labute approximate surface area is 99.3 Å². The maximum absolute atomic E-state index is 5.60. The van der Waals surface area contributed by atoms with Gasteiger partial charge in [-0.1, -0.05) is 34.5 Å². The molecule has 1 aliphatic carbocycles. The van der Waals surface area contributed by atoms with Crippen molar-refractivity contribution in [3.05, 3.63) is 34.3 Å². The number of nitrogens with two attached hydrogens (primary N) is 1. The van der Waals surface area contributed by atoms with Gasteiger partial charge >= 0.3 is 0 Å². The average molecular weight is 269 g/mol. The summed E-state index contributed by atoms with van der Waals surface area (Å²) in [7, 11) is 0. The Hall–Kier alpha value is -0.380. The van der Waals surface area contributed by atoms with Gasteiger partial charge in [-0.3, -0.25) is 11.3 Å². The van der Waals surface area contributed by atoms with Gasteiger partial charge in [-0.25, -0.2) is 0 Å². The van der Waals surface area contributed by atoms with Gasteiger partial charge < -0.3 is 0 Å². The van der Waals surface area contributed by atoms with Gasteiger partial charge in [0.2, 0.25) is 0 Å². The number of benzene rings is 1. The fourth-order valence-electron chi connectivity index (χ4n) is 2.08. The fraction of sp³-hybridized carbons (Fsp3) is 0.500. The molecule has 1 fully saturated rings. The molecule has 0 amide bonds. The Morgan fingerprint density at radius 2 is 2.00 bits per heavy atom. The fourth-order valence-corrected chi connectivity index (χ4v) is 2.34. The minimum atomic E-state index is 0.444. The van der Waals surface area contributed by atoms with E-state index in [9.17, 15) is 0 Å². The SMILES string of the molecule is NNC(Cc1ccc(Br)cc1)C1CCC1. The Kier molecular flexibility index (Phi) is 3.78. The van der Waals surface area contributed by atoms with Crippen LogP contribution < -0.4 is 11.3 Å². The van der Waals surface area contributed by atoms with E-state index >= 15 is 0 Å². The third kappa shape index (κ3) is 2.80. The smallest absolute Gasteiger partial charge is 0.0279 e. The van der Waals surface area contributed by atoms with Gasteiger partial charge in [0, 0.05) is 10.5 Å². The summed E-state index contributed by atoms with van der Waals surface area (Å²) in [6.07, 6.45) is 5.05. The van der Waals surface area contributed by atoms with E-state index in [0.29, 0.717) is 6.04 Å². The number of hydrogen-bond acceptors (Lipinski definition) is 2. The van der Waals surface area contributed by atoms with Gasteiger partial charge in [0.15, 0.2) is 0 Å². The van der Waals surface area contributed by atoms with E-state index in [2.05, 4.69) is 45.6 Å². The minimum Gasteiger partial charge on any atom is -0.271 e. The van der Waals surface area contributed by atoms with Crippen molar-refractivity contribution in [2.75, 3.05) is 0 Å². The molecular formula is C12H17BrN2. The second-order valence-electron chi connectivity index (χ2n) is 4.29. The summed E-state index contributed by atoms with van der Waals surface area (Å²) >= 11 is 3.44. The molecule has 3 N–H and O–H groups in total. The number of rotatable bonds is 4. The zero-order valence-corrected chi connectivity index (χ0v) is 10.3. The average Bonchev–Trinajstić information content (AvgIpc) is 2.17. The second kappa shape index (κ2) is 5.10. The molecule has 0 heterocycles. The molecule has 1 unspecified atom stereocenters. The zero-order valence-electron chi connectivity index (χ0n) is 8.75. The first-order chi connectivity index (χ1) is 7.29. The molecule has 1 saturated carbocycles. The molecule has 0 spiro atoms. The van der Waals surface area contributed by atoms with Crippen LogP contribution in [0.1, 0.15) is 24.8 Å². The van der Waals surface area contributed by atoms with Crippen molar-refractivity contribution in [2.24, 2.45) is 11.8 Å². The molecule has 1 aromatic carbocycles. The molecule has 3 heteroatoms. The van der Waals surface area contributed by atoms with Crippen molar-refractivity contribution in [2.45, 2.75) is 31.7 Å². The highest BCUT2D eigenvalue weighted by atomic mass is 79.9. The van der Waals surface area contributed by atoms with Crippen LogP contribution in [0.3, 0.4) is 0 Å². The summed E-state index contributed by atoms with van der Waals surface area (Å²) in [6, 6.07) is 8.94. The molecule has 82 valence electrons. The number of halogens is 1. The molecule has 0 radical (unpaired) electrons. The van der Waals surface area contributed by atoms with E-state index in [0.717, 1.165) is 16.8 Å². The van der Waals surface area contributed by atoms with Gasteiger partial charge in [-0.05, 0) is 42.9 Å². The van der Waals surface area contributed by atoms with E-state index in [4.69, 9.17) is 5.84 Å². The Morgan fingerprint density at radius 1 is 1.33 bits per heavy atom. The van der Waals surface area contributed by atoms with Crippen LogP contribution in [-0.2, 0) is 6.42 Å². The number of hydrogen-bond donors (Lipinski definition) is 2. The normalized spacial score (nSPS) is 18.5. The van der Waals surface area contributed by atoms with Crippen LogP contribution in [-0.4, -0.2) is 6.04 Å². The summed E-state index contributed by atoms with van der Waals surface area (Å²) < 4.78 is 1.13. The van der Waals surface area contributed by atoms with Crippen LogP contribution in [0.2, 0.25) is 0 Å². The summed E-state index contributed by atoms with van der Waals surface area (Å²) in [5, 5.41) is 0. The first-order valence-electron chi connectivity index (χ1n) is 5.50. The Bertz CT molecular complexity index is 306. The predicted molar refractivity (Wildman–Crippen MR) is 66.3 cm³/mol. The van der Waals surface area contributed by atoms with Crippen molar-refractivity contribution in [3.8, 4) is 0 Å². The summed E-state index contributed by atoms with van der Waals surface area (Å²) in [6.45, 7) is 0. The van der Waals surface area contributed by atoms with Gasteiger partial charge in [-0.2, -0.15) is 0 Å². The topological polar surface area (TPSA) is 38.0 Å². The summed E-state index contributed by atoms with van der Waals surface area (Å²) in [5.41, 5.74) is 4.31. The second-order valence-corrected chi connectivity index (χ2v) is 5.21. The van der Waals surface area contributed by atoms with Crippen molar-refractivity contribution < 1.29 is 0 Å². The maximum atomic E-state index is 5.60. The standard InChI is InChI=1S/C12H17BrN2/c13-11-6-4-9(5-7-11)8-12(15-14)10-2-1-3-10/h4-7,10,12,15H,1-3,8,14H2. The van der Waals surface area contributed by atoms with Crippen molar-refractivity contribution in [3.63, 3.8) is 0 Å². The van der Waals surface area contributed by atoms with Gasteiger partial charge in [0.05, 0.1) is 0 Å². The quantitative estimate of drug-likeness (QED) is 0.651. The third-order valence-electron chi connectivity index (χ3n) is 3.30. The van der Waals surface area contributed by atoms with Gasteiger partial charge in [0.1, 0.15) is 0 Å². The molecule has 15 heavy (non-hydrogen) atoms. The highest BCUT2D eigenvalue weighted by Gasteiger charge is 2.26. The molecular weight excluding hydrogens is 252 g/mol. The maximum Gasteiger partial charge on any atom is 0.0279 e. The molecule has 1 atom stereocenters. The Morgan fingerprint density at radius 3 is 2.47 bits per heavy atom. The third-order valence-corrected chi connectivity index (χ3v) is 3.83. The summed E-state index contributed by atoms with van der Waals surface area (Å²) in [5.74, 6) is 6.38. The van der Waals surface area contributed by atoms with E-state index in [1.165, 1.54) is 24.8 Å². The van der Waals surface area contributed by atoms with Crippen molar-refractivity contribution in [1.82, 2.24) is 5.43 Å². The molecule has 1 aromatic rings. The van der Waals surface area contributed by atoms with Crippen LogP contribution in [0.25, 0.3) is 0 Å². The molecule has 0 aliphatic heterocycles. The van der Waals surface area contributed by atoms with Crippen molar-refractivity contribution >= 4 is 15.9 Å². The lowest BCUT2D eigenvalue weighted by molar-refractivity contribution is 0.228. The van der Waals surface area contributed by atoms with Crippen LogP contribution in [0, 0.1) is 5.92 Å². The summed E-state index contributed by atoms with van der Waals surface area (Å²) in [4.78, 5) is 0. The van der Waals surface area contributed by atoms with E-state index in [1.54, 1.807) is 0 Å². The first-order valence-corrected chi connectivity index (χ1v) is 6.29. The lowest BCUT2D eigenvalue weighted by Crippen LogP contribution is -2.44. The highest BCUT2D eigenvalue weighted by Crippen LogP contribution is 2.30. The van der Waals surface area contributed by atoms with Crippen molar-refractivity contribution in [1.29, 1.82) is 0 Å². The monoisotopic (exact) mass is 268 g/mol. The van der Waals surface area contributed by atoms with Gasteiger partial charge in [-0.15, -0.1) is 0 Å².